The number of carbonyl (C=O) groups is 2. The molecule has 0 aliphatic carbocycles. The summed E-state index contributed by atoms with van der Waals surface area (Å²) in [6.45, 7) is 5.77. The summed E-state index contributed by atoms with van der Waals surface area (Å²) in [6, 6.07) is 10.7. The maximum absolute atomic E-state index is 12.9. The van der Waals surface area contributed by atoms with Gasteiger partial charge in [0.05, 0.1) is 11.6 Å². The third kappa shape index (κ3) is 3.86. The molecule has 2 N–H and O–H groups in total. The maximum atomic E-state index is 12.9. The molecule has 0 radical (unpaired) electrons. The number of anilines is 2. The number of nitrogens with zero attached hydrogens (tertiary/aromatic N) is 4. The van der Waals surface area contributed by atoms with Crippen LogP contribution in [0.25, 0.3) is 5.95 Å². The lowest BCUT2D eigenvalue weighted by atomic mass is 10.1. The molecule has 0 saturated carbocycles. The second-order valence-corrected chi connectivity index (χ2v) is 7.52. The number of rotatable bonds is 4. The van der Waals surface area contributed by atoms with Crippen molar-refractivity contribution in [3.05, 3.63) is 63.7 Å². The van der Waals surface area contributed by atoms with E-state index in [0.717, 1.165) is 11.3 Å². The summed E-state index contributed by atoms with van der Waals surface area (Å²) in [7, 11) is 0. The van der Waals surface area contributed by atoms with Crippen molar-refractivity contribution in [3.63, 3.8) is 0 Å². The topological polar surface area (TPSA) is 113 Å². The average molecular weight is 406 g/mol. The zero-order valence-corrected chi connectivity index (χ0v) is 17.0. The number of hydrogen-bond acceptors (Lipinski definition) is 5. The van der Waals surface area contributed by atoms with Gasteiger partial charge < -0.3 is 10.2 Å². The number of nitrogens with one attached hydrogen (secondary N) is 2. The van der Waals surface area contributed by atoms with Gasteiger partial charge in [0.1, 0.15) is 5.82 Å². The Labute approximate surface area is 172 Å². The molecular formula is C21H22N6O3. The first-order chi connectivity index (χ1) is 14.3. The van der Waals surface area contributed by atoms with Crippen LogP contribution in [0.5, 0.6) is 0 Å². The van der Waals surface area contributed by atoms with Crippen molar-refractivity contribution in [1.29, 1.82) is 0 Å². The smallest absolute Gasteiger partial charge is 0.252 e. The van der Waals surface area contributed by atoms with E-state index in [1.54, 1.807) is 24.8 Å². The van der Waals surface area contributed by atoms with Gasteiger partial charge in [-0.15, -0.1) is 0 Å². The number of hydrogen-bond donors (Lipinski definition) is 2. The Bertz CT molecular complexity index is 1180. The van der Waals surface area contributed by atoms with Crippen molar-refractivity contribution in [1.82, 2.24) is 19.7 Å². The van der Waals surface area contributed by atoms with Gasteiger partial charge in [-0.2, -0.15) is 9.78 Å². The Hall–Kier alpha value is -3.75. The Balaban J connectivity index is 1.54. The Morgan fingerprint density at radius 2 is 1.83 bits per heavy atom. The lowest BCUT2D eigenvalue weighted by Gasteiger charge is -2.17. The van der Waals surface area contributed by atoms with E-state index in [1.165, 1.54) is 10.7 Å². The van der Waals surface area contributed by atoms with E-state index in [0.29, 0.717) is 23.8 Å². The molecule has 2 aromatic heterocycles. The van der Waals surface area contributed by atoms with Crippen molar-refractivity contribution >= 4 is 23.3 Å². The predicted molar refractivity (Wildman–Crippen MR) is 112 cm³/mol. The zero-order valence-electron chi connectivity index (χ0n) is 17.0. The molecule has 154 valence electrons. The highest BCUT2D eigenvalue weighted by Gasteiger charge is 2.35. The van der Waals surface area contributed by atoms with E-state index in [4.69, 9.17) is 0 Å². The van der Waals surface area contributed by atoms with E-state index in [9.17, 15) is 14.4 Å². The van der Waals surface area contributed by atoms with Gasteiger partial charge in [-0.3, -0.25) is 19.4 Å². The van der Waals surface area contributed by atoms with E-state index in [2.05, 4.69) is 20.4 Å². The fourth-order valence-corrected chi connectivity index (χ4v) is 3.50. The van der Waals surface area contributed by atoms with Crippen molar-refractivity contribution in [2.75, 3.05) is 16.8 Å². The van der Waals surface area contributed by atoms with Crippen molar-refractivity contribution < 1.29 is 9.59 Å². The second kappa shape index (κ2) is 7.58. The van der Waals surface area contributed by atoms with E-state index >= 15 is 0 Å². The number of aromatic nitrogens is 4. The fourth-order valence-electron chi connectivity index (χ4n) is 3.50. The van der Waals surface area contributed by atoms with Gasteiger partial charge >= 0.3 is 0 Å². The predicted octanol–water partition coefficient (Wildman–Crippen LogP) is 1.87. The minimum atomic E-state index is -0.494. The first kappa shape index (κ1) is 19.6. The number of carbonyl (C=O) groups excluding carboxylic acids is 2. The van der Waals surface area contributed by atoms with E-state index < -0.39 is 5.92 Å². The molecule has 3 heterocycles. The van der Waals surface area contributed by atoms with Crippen LogP contribution in [0, 0.1) is 26.7 Å². The molecule has 0 unspecified atom stereocenters. The molecular weight excluding hydrogens is 384 g/mol. The summed E-state index contributed by atoms with van der Waals surface area (Å²) in [4.78, 5) is 45.7. The number of amides is 2. The summed E-state index contributed by atoms with van der Waals surface area (Å²) >= 11 is 0. The lowest BCUT2D eigenvalue weighted by molar-refractivity contribution is -0.122. The minimum absolute atomic E-state index is 0.0895. The molecule has 1 fully saturated rings. The van der Waals surface area contributed by atoms with Gasteiger partial charge in [-0.25, -0.2) is 4.98 Å². The van der Waals surface area contributed by atoms with Gasteiger partial charge in [0.15, 0.2) is 0 Å². The largest absolute Gasteiger partial charge is 0.312 e. The summed E-state index contributed by atoms with van der Waals surface area (Å²) < 4.78 is 1.39. The second-order valence-electron chi connectivity index (χ2n) is 7.52. The lowest BCUT2D eigenvalue weighted by Crippen LogP contribution is -2.28. The monoisotopic (exact) mass is 406 g/mol. The molecule has 9 nitrogen and oxygen atoms in total. The van der Waals surface area contributed by atoms with Gasteiger partial charge in [-0.1, -0.05) is 17.7 Å². The third-order valence-electron chi connectivity index (χ3n) is 4.98. The number of aryl methyl sites for hydroxylation is 3. The van der Waals surface area contributed by atoms with Crippen LogP contribution in [0.15, 0.2) is 41.2 Å². The van der Waals surface area contributed by atoms with Crippen molar-refractivity contribution in [2.45, 2.75) is 27.2 Å². The van der Waals surface area contributed by atoms with Gasteiger partial charge in [0, 0.05) is 36.5 Å². The summed E-state index contributed by atoms with van der Waals surface area (Å²) in [5, 5.41) is 7.15. The molecule has 1 atom stereocenters. The molecule has 2 amide bonds. The number of aromatic amines is 1. The fraction of sp³-hybridized carbons (Fsp3) is 0.286. The van der Waals surface area contributed by atoms with Gasteiger partial charge in [0.2, 0.25) is 17.8 Å². The van der Waals surface area contributed by atoms with Gasteiger partial charge in [0.25, 0.3) is 5.56 Å². The van der Waals surface area contributed by atoms with Crippen molar-refractivity contribution in [2.24, 2.45) is 5.92 Å². The highest BCUT2D eigenvalue weighted by atomic mass is 16.2. The maximum Gasteiger partial charge on any atom is 0.252 e. The normalized spacial score (nSPS) is 16.2. The Morgan fingerprint density at radius 1 is 1.10 bits per heavy atom. The SMILES string of the molecule is Cc1ccc(N2C[C@H](C(=O)Nc3cc(C)nn3-c3nc(C)cc(=O)[nH]3)CC2=O)cc1. The van der Waals surface area contributed by atoms with Crippen LogP contribution in [-0.2, 0) is 9.59 Å². The molecule has 3 aromatic rings. The van der Waals surface area contributed by atoms with Gasteiger partial charge in [-0.05, 0) is 32.9 Å². The number of benzene rings is 1. The van der Waals surface area contributed by atoms with E-state index in [1.807, 2.05) is 31.2 Å². The molecule has 1 aliphatic heterocycles. The minimum Gasteiger partial charge on any atom is -0.312 e. The van der Waals surface area contributed by atoms with Crippen LogP contribution in [0.4, 0.5) is 11.5 Å². The molecule has 4 rings (SSSR count). The third-order valence-corrected chi connectivity index (χ3v) is 4.98. The van der Waals surface area contributed by atoms with Crippen LogP contribution >= 0.6 is 0 Å². The quantitative estimate of drug-likeness (QED) is 0.687. The summed E-state index contributed by atoms with van der Waals surface area (Å²) in [5.41, 5.74) is 2.76. The van der Waals surface area contributed by atoms with Crippen molar-refractivity contribution in [3.8, 4) is 5.95 Å². The first-order valence-electron chi connectivity index (χ1n) is 9.63. The summed E-state index contributed by atoms with van der Waals surface area (Å²) in [6.07, 6.45) is 0.131. The van der Waals surface area contributed by atoms with Crippen LogP contribution in [0.2, 0.25) is 0 Å². The number of H-pyrrole nitrogens is 1. The Morgan fingerprint density at radius 3 is 2.53 bits per heavy atom. The highest BCUT2D eigenvalue weighted by Crippen LogP contribution is 2.26. The summed E-state index contributed by atoms with van der Waals surface area (Å²) in [5.74, 6) is -0.269. The van der Waals surface area contributed by atoms with E-state index in [-0.39, 0.29) is 29.7 Å². The van der Waals surface area contributed by atoms with Crippen LogP contribution in [0.3, 0.4) is 0 Å². The standard InChI is InChI=1S/C21H22N6O3/c1-12-4-6-16(7-5-12)26-11-15(10-19(26)29)20(30)23-17-8-14(3)25-27(17)21-22-13(2)9-18(28)24-21/h4-9,15H,10-11H2,1-3H3,(H,23,30)(H,22,24,28)/t15-/m1/s1. The molecule has 1 aliphatic rings. The Kier molecular flexibility index (Phi) is 4.94. The average Bonchev–Trinajstić information content (AvgIpc) is 3.24. The zero-order chi connectivity index (χ0) is 21.4. The van der Waals surface area contributed by atoms with Crippen LogP contribution in [0.1, 0.15) is 23.4 Å². The molecule has 0 bridgehead atoms. The molecule has 9 heteroatoms. The first-order valence-corrected chi connectivity index (χ1v) is 9.63. The molecule has 1 aromatic carbocycles. The molecule has 1 saturated heterocycles. The van der Waals surface area contributed by atoms with Crippen LogP contribution < -0.4 is 15.8 Å². The highest BCUT2D eigenvalue weighted by molar-refractivity contribution is 6.03. The molecule has 30 heavy (non-hydrogen) atoms. The van der Waals surface area contributed by atoms with Crippen LogP contribution in [-0.4, -0.2) is 38.1 Å². The molecule has 0 spiro atoms.